The maximum atomic E-state index is 12.2. The Morgan fingerprint density at radius 3 is 2.68 bits per heavy atom. The van der Waals surface area contributed by atoms with Gasteiger partial charge < -0.3 is 11.1 Å². The van der Waals surface area contributed by atoms with Gasteiger partial charge in [0.05, 0.1) is 16.3 Å². The molecule has 0 aromatic carbocycles. The highest BCUT2D eigenvalue weighted by molar-refractivity contribution is 7.17. The summed E-state index contributed by atoms with van der Waals surface area (Å²) in [6.07, 6.45) is 7.32. The molecule has 0 saturated heterocycles. The highest BCUT2D eigenvalue weighted by Gasteiger charge is 2.20. The minimum atomic E-state index is -0.509. The summed E-state index contributed by atoms with van der Waals surface area (Å²) < 4.78 is 0. The molecule has 2 aromatic heterocycles. The third kappa shape index (κ3) is 5.24. The van der Waals surface area contributed by atoms with Gasteiger partial charge in [-0.15, -0.1) is 22.7 Å². The molecule has 2 rings (SSSR count). The SMILES string of the molecule is CCCCCc1sc(NC(=O)/C=C/c2csc(C)n2)c(C(N)=O)c1C. The fourth-order valence-corrected chi connectivity index (χ4v) is 4.33. The summed E-state index contributed by atoms with van der Waals surface area (Å²) in [5, 5.41) is 6.15. The van der Waals surface area contributed by atoms with E-state index >= 15 is 0 Å². The van der Waals surface area contributed by atoms with Crippen molar-refractivity contribution in [2.45, 2.75) is 46.5 Å². The van der Waals surface area contributed by atoms with Gasteiger partial charge in [-0.2, -0.15) is 0 Å². The number of nitrogens with two attached hydrogens (primary N) is 1. The highest BCUT2D eigenvalue weighted by Crippen LogP contribution is 2.34. The predicted molar refractivity (Wildman–Crippen MR) is 105 cm³/mol. The first-order chi connectivity index (χ1) is 11.9. The molecule has 25 heavy (non-hydrogen) atoms. The molecule has 0 unspecified atom stereocenters. The first-order valence-electron chi connectivity index (χ1n) is 8.25. The summed E-state index contributed by atoms with van der Waals surface area (Å²) in [5.74, 6) is -0.806. The lowest BCUT2D eigenvalue weighted by molar-refractivity contribution is -0.111. The fourth-order valence-electron chi connectivity index (χ4n) is 2.49. The van der Waals surface area contributed by atoms with E-state index in [9.17, 15) is 9.59 Å². The summed E-state index contributed by atoms with van der Waals surface area (Å²) in [5.41, 5.74) is 7.56. The van der Waals surface area contributed by atoms with Crippen molar-refractivity contribution in [3.05, 3.63) is 38.2 Å². The lowest BCUT2D eigenvalue weighted by atomic mass is 10.1. The number of unbranched alkanes of at least 4 members (excludes halogenated alkanes) is 2. The number of carbonyl (C=O) groups excluding carboxylic acids is 2. The maximum Gasteiger partial charge on any atom is 0.251 e. The van der Waals surface area contributed by atoms with Crippen LogP contribution in [0.5, 0.6) is 0 Å². The summed E-state index contributed by atoms with van der Waals surface area (Å²) >= 11 is 2.97. The van der Waals surface area contributed by atoms with E-state index in [4.69, 9.17) is 5.73 Å². The first-order valence-corrected chi connectivity index (χ1v) is 9.95. The number of primary amides is 1. The van der Waals surface area contributed by atoms with Crippen LogP contribution >= 0.6 is 22.7 Å². The molecule has 0 atom stereocenters. The molecule has 5 nitrogen and oxygen atoms in total. The standard InChI is InChI=1S/C18H23N3O2S2/c1-4-5-6-7-14-11(2)16(17(19)23)18(25-14)21-15(22)9-8-13-10-24-12(3)20-13/h8-10H,4-7H2,1-3H3,(H2,19,23)(H,21,22)/b9-8+. The number of nitrogens with zero attached hydrogens (tertiary/aromatic N) is 1. The lowest BCUT2D eigenvalue weighted by Crippen LogP contribution is -2.16. The second-order valence-corrected chi connectivity index (χ2v) is 7.96. The largest absolute Gasteiger partial charge is 0.365 e. The lowest BCUT2D eigenvalue weighted by Gasteiger charge is -2.02. The molecule has 0 spiro atoms. The van der Waals surface area contributed by atoms with Crippen molar-refractivity contribution in [3.63, 3.8) is 0 Å². The molecular formula is C18H23N3O2S2. The maximum absolute atomic E-state index is 12.2. The van der Waals surface area contributed by atoms with Crippen LogP contribution in [0.3, 0.4) is 0 Å². The van der Waals surface area contributed by atoms with Crippen LogP contribution in [-0.2, 0) is 11.2 Å². The molecule has 0 fully saturated rings. The number of nitrogens with one attached hydrogen (secondary N) is 1. The van der Waals surface area contributed by atoms with Gasteiger partial charge in [-0.25, -0.2) is 4.98 Å². The summed E-state index contributed by atoms with van der Waals surface area (Å²) in [7, 11) is 0. The van der Waals surface area contributed by atoms with Gasteiger partial charge in [-0.05, 0) is 38.3 Å². The Morgan fingerprint density at radius 1 is 1.32 bits per heavy atom. The van der Waals surface area contributed by atoms with Crippen LogP contribution in [0.15, 0.2) is 11.5 Å². The van der Waals surface area contributed by atoms with Gasteiger partial charge in [0.25, 0.3) is 5.91 Å². The number of thiophene rings is 1. The zero-order valence-electron chi connectivity index (χ0n) is 14.7. The van der Waals surface area contributed by atoms with E-state index in [1.54, 1.807) is 6.08 Å². The van der Waals surface area contributed by atoms with Crippen LogP contribution in [0.2, 0.25) is 0 Å². The topological polar surface area (TPSA) is 85.1 Å². The zero-order chi connectivity index (χ0) is 18.4. The Labute approximate surface area is 156 Å². The predicted octanol–water partition coefficient (Wildman–Crippen LogP) is 4.30. The molecule has 7 heteroatoms. The van der Waals surface area contributed by atoms with E-state index in [1.165, 1.54) is 28.7 Å². The van der Waals surface area contributed by atoms with E-state index in [2.05, 4.69) is 17.2 Å². The van der Waals surface area contributed by atoms with Crippen molar-refractivity contribution in [1.29, 1.82) is 0 Å². The highest BCUT2D eigenvalue weighted by atomic mass is 32.1. The molecule has 0 aliphatic carbocycles. The Balaban J connectivity index is 2.14. The van der Waals surface area contributed by atoms with E-state index in [-0.39, 0.29) is 5.91 Å². The van der Waals surface area contributed by atoms with Crippen LogP contribution in [-0.4, -0.2) is 16.8 Å². The molecule has 0 saturated carbocycles. The fraction of sp³-hybridized carbons (Fsp3) is 0.389. The second-order valence-electron chi connectivity index (χ2n) is 5.79. The van der Waals surface area contributed by atoms with Crippen molar-refractivity contribution in [1.82, 2.24) is 4.98 Å². The Hall–Kier alpha value is -1.99. The van der Waals surface area contributed by atoms with Crippen molar-refractivity contribution in [3.8, 4) is 0 Å². The molecule has 3 N–H and O–H groups in total. The normalized spacial score (nSPS) is 11.2. The van der Waals surface area contributed by atoms with Crippen LogP contribution in [0.25, 0.3) is 6.08 Å². The van der Waals surface area contributed by atoms with Gasteiger partial charge in [0.2, 0.25) is 5.91 Å². The van der Waals surface area contributed by atoms with E-state index in [0.717, 1.165) is 46.8 Å². The molecular weight excluding hydrogens is 354 g/mol. The van der Waals surface area contributed by atoms with Crippen LogP contribution in [0, 0.1) is 13.8 Å². The molecule has 2 aromatic rings. The Morgan fingerprint density at radius 2 is 2.08 bits per heavy atom. The third-order valence-electron chi connectivity index (χ3n) is 3.78. The number of carbonyl (C=O) groups is 2. The van der Waals surface area contributed by atoms with Gasteiger partial charge in [0, 0.05) is 16.3 Å². The average Bonchev–Trinajstić information content (AvgIpc) is 3.09. The Bertz CT molecular complexity index is 790. The molecule has 2 amide bonds. The molecule has 0 radical (unpaired) electrons. The summed E-state index contributed by atoms with van der Waals surface area (Å²) in [4.78, 5) is 29.4. The molecule has 0 bridgehead atoms. The van der Waals surface area contributed by atoms with Crippen molar-refractivity contribution in [2.75, 3.05) is 5.32 Å². The molecule has 0 aliphatic heterocycles. The molecule has 134 valence electrons. The monoisotopic (exact) mass is 377 g/mol. The number of amides is 2. The van der Waals surface area contributed by atoms with E-state index in [1.807, 2.05) is 19.2 Å². The van der Waals surface area contributed by atoms with Gasteiger partial charge in [-0.3, -0.25) is 9.59 Å². The number of aryl methyl sites for hydroxylation is 2. The van der Waals surface area contributed by atoms with Crippen molar-refractivity contribution < 1.29 is 9.59 Å². The van der Waals surface area contributed by atoms with Crippen LogP contribution < -0.4 is 11.1 Å². The van der Waals surface area contributed by atoms with Crippen LogP contribution in [0.1, 0.15) is 57.7 Å². The van der Waals surface area contributed by atoms with Crippen LogP contribution in [0.4, 0.5) is 5.00 Å². The zero-order valence-corrected chi connectivity index (χ0v) is 16.4. The van der Waals surface area contributed by atoms with Gasteiger partial charge in [0.1, 0.15) is 5.00 Å². The van der Waals surface area contributed by atoms with E-state index in [0.29, 0.717) is 10.6 Å². The number of hydrogen-bond acceptors (Lipinski definition) is 5. The molecule has 0 aliphatic rings. The summed E-state index contributed by atoms with van der Waals surface area (Å²) in [6.45, 7) is 5.95. The number of thiazole rings is 1. The summed E-state index contributed by atoms with van der Waals surface area (Å²) in [6, 6.07) is 0. The number of aromatic nitrogens is 1. The number of hydrogen-bond donors (Lipinski definition) is 2. The van der Waals surface area contributed by atoms with Crippen molar-refractivity contribution in [2.24, 2.45) is 5.73 Å². The van der Waals surface area contributed by atoms with Gasteiger partial charge in [-0.1, -0.05) is 19.8 Å². The van der Waals surface area contributed by atoms with E-state index < -0.39 is 5.91 Å². The number of anilines is 1. The minimum absolute atomic E-state index is 0.297. The van der Waals surface area contributed by atoms with Crippen molar-refractivity contribution >= 4 is 45.6 Å². The quantitative estimate of drug-likeness (QED) is 0.531. The molecule has 2 heterocycles. The minimum Gasteiger partial charge on any atom is -0.365 e. The van der Waals surface area contributed by atoms with Gasteiger partial charge in [0.15, 0.2) is 0 Å². The third-order valence-corrected chi connectivity index (χ3v) is 5.84. The Kier molecular flexibility index (Phi) is 6.90. The number of rotatable bonds is 8. The average molecular weight is 378 g/mol. The second kappa shape index (κ2) is 8.92. The first kappa shape index (κ1) is 19.3. The van der Waals surface area contributed by atoms with Gasteiger partial charge >= 0.3 is 0 Å². The smallest absolute Gasteiger partial charge is 0.251 e.